The summed E-state index contributed by atoms with van der Waals surface area (Å²) in [7, 11) is 0. The van der Waals surface area contributed by atoms with E-state index in [4.69, 9.17) is 5.26 Å². The van der Waals surface area contributed by atoms with Crippen molar-refractivity contribution in [1.82, 2.24) is 0 Å². The molecule has 0 aromatic heterocycles. The van der Waals surface area contributed by atoms with Crippen LogP contribution in [-0.4, -0.2) is 5.11 Å². The second-order valence-electron chi connectivity index (χ2n) is 2.52. The molecule has 68 valence electrons. The van der Waals surface area contributed by atoms with Gasteiger partial charge in [0.05, 0.1) is 10.5 Å². The molecule has 0 radical (unpaired) electrons. The van der Waals surface area contributed by atoms with Crippen LogP contribution in [0.25, 0.3) is 0 Å². The molecule has 2 nitrogen and oxygen atoms in total. The second-order valence-corrected chi connectivity index (χ2v) is 3.37. The van der Waals surface area contributed by atoms with Gasteiger partial charge in [-0.2, -0.15) is 5.26 Å². The topological polar surface area (TPSA) is 44.0 Å². The largest absolute Gasteiger partial charge is 0.508 e. The molecule has 0 aliphatic rings. The van der Waals surface area contributed by atoms with Gasteiger partial charge in [-0.25, -0.2) is 4.39 Å². The monoisotopic (exact) mass is 243 g/mol. The Hall–Kier alpha value is -1.08. The molecule has 1 aromatic carbocycles. The van der Waals surface area contributed by atoms with Gasteiger partial charge in [0, 0.05) is 12.0 Å². The fraction of sp³-hybridized carbons (Fsp3) is 0.222. The first-order valence-electron chi connectivity index (χ1n) is 3.69. The molecule has 0 spiro atoms. The van der Waals surface area contributed by atoms with Crippen molar-refractivity contribution in [2.75, 3.05) is 0 Å². The van der Waals surface area contributed by atoms with E-state index in [1.165, 1.54) is 12.1 Å². The molecule has 1 aromatic rings. The van der Waals surface area contributed by atoms with Gasteiger partial charge in [0.1, 0.15) is 11.6 Å². The quantitative estimate of drug-likeness (QED) is 0.869. The average Bonchev–Trinajstić information content (AvgIpc) is 2.12. The molecule has 0 fully saturated rings. The zero-order chi connectivity index (χ0) is 9.84. The predicted octanol–water partition coefficient (Wildman–Crippen LogP) is 2.75. The van der Waals surface area contributed by atoms with Crippen molar-refractivity contribution >= 4 is 15.9 Å². The number of benzene rings is 1. The number of hydrogen-bond acceptors (Lipinski definition) is 2. The van der Waals surface area contributed by atoms with Crippen LogP contribution in [0.2, 0.25) is 0 Å². The number of rotatable bonds is 2. The zero-order valence-electron chi connectivity index (χ0n) is 6.72. The van der Waals surface area contributed by atoms with Crippen LogP contribution in [0.1, 0.15) is 12.0 Å². The summed E-state index contributed by atoms with van der Waals surface area (Å²) in [5.74, 6) is -0.591. The average molecular weight is 244 g/mol. The Balaban J connectivity index is 3.04. The molecule has 1 rings (SSSR count). The van der Waals surface area contributed by atoms with Gasteiger partial charge >= 0.3 is 0 Å². The Morgan fingerprint density at radius 1 is 1.54 bits per heavy atom. The number of halogens is 2. The van der Waals surface area contributed by atoms with Crippen LogP contribution in [0.4, 0.5) is 4.39 Å². The van der Waals surface area contributed by atoms with Crippen LogP contribution < -0.4 is 0 Å². The normalized spacial score (nSPS) is 9.62. The Labute approximate surface area is 83.7 Å². The van der Waals surface area contributed by atoms with Gasteiger partial charge in [-0.3, -0.25) is 0 Å². The molecule has 0 bridgehead atoms. The van der Waals surface area contributed by atoms with Gasteiger partial charge < -0.3 is 5.11 Å². The molecule has 4 heteroatoms. The lowest BCUT2D eigenvalue weighted by Crippen LogP contribution is -1.92. The van der Waals surface area contributed by atoms with Gasteiger partial charge in [-0.15, -0.1) is 0 Å². The highest BCUT2D eigenvalue weighted by molar-refractivity contribution is 9.10. The number of nitrogens with zero attached hydrogens (tertiary/aromatic N) is 1. The highest BCUT2D eigenvalue weighted by atomic mass is 79.9. The summed E-state index contributed by atoms with van der Waals surface area (Å²) >= 11 is 3.00. The van der Waals surface area contributed by atoms with E-state index in [0.29, 0.717) is 4.47 Å². The van der Waals surface area contributed by atoms with Crippen LogP contribution in [0, 0.1) is 17.1 Å². The first-order valence-corrected chi connectivity index (χ1v) is 4.49. The first-order chi connectivity index (χ1) is 6.16. The molecule has 0 atom stereocenters. The fourth-order valence-electron chi connectivity index (χ4n) is 1.00. The van der Waals surface area contributed by atoms with E-state index in [1.54, 1.807) is 0 Å². The molecule has 0 saturated heterocycles. The SMILES string of the molecule is N#CCCc1c(O)ccc(Br)c1F. The molecule has 0 heterocycles. The van der Waals surface area contributed by atoms with Crippen LogP contribution in [0.3, 0.4) is 0 Å². The summed E-state index contributed by atoms with van der Waals surface area (Å²) in [6, 6.07) is 4.73. The smallest absolute Gasteiger partial charge is 0.144 e. The number of phenols is 1. The Morgan fingerprint density at radius 3 is 2.85 bits per heavy atom. The summed E-state index contributed by atoms with van der Waals surface area (Å²) in [4.78, 5) is 0. The van der Waals surface area contributed by atoms with E-state index in [1.807, 2.05) is 6.07 Å². The number of hydrogen-bond donors (Lipinski definition) is 1. The molecule has 0 unspecified atom stereocenters. The Morgan fingerprint density at radius 2 is 2.23 bits per heavy atom. The number of phenolic OH excluding ortho intramolecular Hbond substituents is 1. The van der Waals surface area contributed by atoms with E-state index in [9.17, 15) is 9.50 Å². The maximum absolute atomic E-state index is 13.3. The first kappa shape index (κ1) is 10.0. The summed E-state index contributed by atoms with van der Waals surface area (Å²) in [6.45, 7) is 0. The van der Waals surface area contributed by atoms with Crippen molar-refractivity contribution in [3.8, 4) is 11.8 Å². The van der Waals surface area contributed by atoms with Gasteiger partial charge in [0.2, 0.25) is 0 Å². The fourth-order valence-corrected chi connectivity index (χ4v) is 1.37. The molecule has 0 saturated carbocycles. The van der Waals surface area contributed by atoms with Gasteiger partial charge in [0.15, 0.2) is 0 Å². The summed E-state index contributed by atoms with van der Waals surface area (Å²) in [5, 5.41) is 17.6. The lowest BCUT2D eigenvalue weighted by atomic mass is 10.1. The minimum atomic E-state index is -0.491. The van der Waals surface area contributed by atoms with E-state index in [-0.39, 0.29) is 24.2 Å². The minimum Gasteiger partial charge on any atom is -0.508 e. The molecule has 1 N–H and O–H groups in total. The van der Waals surface area contributed by atoms with E-state index < -0.39 is 5.82 Å². The Kier molecular flexibility index (Phi) is 3.26. The predicted molar refractivity (Wildman–Crippen MR) is 49.7 cm³/mol. The maximum Gasteiger partial charge on any atom is 0.144 e. The third-order valence-electron chi connectivity index (χ3n) is 1.66. The van der Waals surface area contributed by atoms with Crippen LogP contribution in [-0.2, 0) is 6.42 Å². The van der Waals surface area contributed by atoms with E-state index in [0.717, 1.165) is 0 Å². The summed E-state index contributed by atoms with van der Waals surface area (Å²) in [6.07, 6.45) is 0.425. The molecule has 0 aliphatic carbocycles. The van der Waals surface area contributed by atoms with Crippen molar-refractivity contribution in [2.45, 2.75) is 12.8 Å². The lowest BCUT2D eigenvalue weighted by molar-refractivity contribution is 0.458. The van der Waals surface area contributed by atoms with E-state index in [2.05, 4.69) is 15.9 Å². The van der Waals surface area contributed by atoms with Crippen LogP contribution in [0.15, 0.2) is 16.6 Å². The van der Waals surface area contributed by atoms with Gasteiger partial charge in [-0.05, 0) is 34.5 Å². The number of nitriles is 1. The van der Waals surface area contributed by atoms with Gasteiger partial charge in [0.25, 0.3) is 0 Å². The molecule has 0 aliphatic heterocycles. The molecular formula is C9H7BrFNO. The second kappa shape index (κ2) is 4.24. The molecular weight excluding hydrogens is 237 g/mol. The lowest BCUT2D eigenvalue weighted by Gasteiger charge is -2.04. The molecule has 0 amide bonds. The van der Waals surface area contributed by atoms with Crippen molar-refractivity contribution in [3.63, 3.8) is 0 Å². The number of aromatic hydroxyl groups is 1. The van der Waals surface area contributed by atoms with Crippen LogP contribution >= 0.6 is 15.9 Å². The van der Waals surface area contributed by atoms with Crippen LogP contribution in [0.5, 0.6) is 5.75 Å². The van der Waals surface area contributed by atoms with Gasteiger partial charge in [-0.1, -0.05) is 0 Å². The highest BCUT2D eigenvalue weighted by Crippen LogP contribution is 2.27. The van der Waals surface area contributed by atoms with Crippen molar-refractivity contribution in [3.05, 3.63) is 28.0 Å². The standard InChI is InChI=1S/C9H7BrFNO/c10-7-3-4-8(13)6(9(7)11)2-1-5-12/h3-4,13H,1-2H2. The van der Waals surface area contributed by atoms with Crippen molar-refractivity contribution < 1.29 is 9.50 Å². The third-order valence-corrected chi connectivity index (χ3v) is 2.27. The maximum atomic E-state index is 13.3. The molecule has 13 heavy (non-hydrogen) atoms. The summed E-state index contributed by atoms with van der Waals surface area (Å²) in [5.41, 5.74) is 0.191. The highest BCUT2D eigenvalue weighted by Gasteiger charge is 2.10. The van der Waals surface area contributed by atoms with E-state index >= 15 is 0 Å². The minimum absolute atomic E-state index is 0.101. The zero-order valence-corrected chi connectivity index (χ0v) is 8.31. The van der Waals surface area contributed by atoms with Crippen molar-refractivity contribution in [2.24, 2.45) is 0 Å². The summed E-state index contributed by atoms with van der Waals surface area (Å²) < 4.78 is 13.6. The Bertz CT molecular complexity index is 359. The third kappa shape index (κ3) is 2.19. The van der Waals surface area contributed by atoms with Crippen molar-refractivity contribution in [1.29, 1.82) is 5.26 Å².